The monoisotopic (exact) mass is 284 g/mol. The third-order valence-electron chi connectivity index (χ3n) is 3.64. The first-order valence-corrected chi connectivity index (χ1v) is 6.95. The van der Waals surface area contributed by atoms with Crippen LogP contribution in [0.3, 0.4) is 0 Å². The van der Waals surface area contributed by atoms with E-state index in [1.165, 1.54) is 12.1 Å². The molecule has 0 aliphatic heterocycles. The summed E-state index contributed by atoms with van der Waals surface area (Å²) in [4.78, 5) is 4.55. The highest BCUT2D eigenvalue weighted by Crippen LogP contribution is 2.31. The van der Waals surface area contributed by atoms with Crippen LogP contribution in [0.15, 0.2) is 36.4 Å². The molecule has 108 valence electrons. The van der Waals surface area contributed by atoms with Gasteiger partial charge >= 0.3 is 0 Å². The van der Waals surface area contributed by atoms with Crippen molar-refractivity contribution in [2.24, 2.45) is 0 Å². The number of hydrogen-bond donors (Lipinski definition) is 1. The normalized spacial score (nSPS) is 11.5. The van der Waals surface area contributed by atoms with Gasteiger partial charge in [0.1, 0.15) is 17.4 Å². The van der Waals surface area contributed by atoms with Gasteiger partial charge in [-0.15, -0.1) is 0 Å². The van der Waals surface area contributed by atoms with Crippen molar-refractivity contribution in [3.8, 4) is 17.1 Å². The number of hydrogen-bond acceptors (Lipinski definition) is 2. The van der Waals surface area contributed by atoms with Gasteiger partial charge in [0.15, 0.2) is 0 Å². The lowest BCUT2D eigenvalue weighted by molar-refractivity contribution is 0.471. The molecule has 3 nitrogen and oxygen atoms in total. The second-order valence-electron chi connectivity index (χ2n) is 5.53. The van der Waals surface area contributed by atoms with Crippen LogP contribution in [-0.2, 0) is 0 Å². The zero-order valence-corrected chi connectivity index (χ0v) is 12.3. The minimum Gasteiger partial charge on any atom is -0.508 e. The van der Waals surface area contributed by atoms with Gasteiger partial charge in [-0.3, -0.25) is 0 Å². The maximum Gasteiger partial charge on any atom is 0.141 e. The summed E-state index contributed by atoms with van der Waals surface area (Å²) in [5.74, 6) is 0.677. The van der Waals surface area contributed by atoms with E-state index in [9.17, 15) is 9.50 Å². The Labute approximate surface area is 122 Å². The third kappa shape index (κ3) is 2.27. The van der Waals surface area contributed by atoms with Crippen LogP contribution in [0.5, 0.6) is 5.75 Å². The summed E-state index contributed by atoms with van der Waals surface area (Å²) in [5, 5.41) is 9.91. The molecule has 2 aromatic carbocycles. The predicted molar refractivity (Wildman–Crippen MR) is 81.9 cm³/mol. The number of nitrogens with zero attached hydrogens (tertiary/aromatic N) is 2. The lowest BCUT2D eigenvalue weighted by atomic mass is 10.1. The molecule has 3 rings (SSSR count). The summed E-state index contributed by atoms with van der Waals surface area (Å²) >= 11 is 0. The maximum absolute atomic E-state index is 13.4. The first-order valence-electron chi connectivity index (χ1n) is 6.95. The molecular weight excluding hydrogens is 267 g/mol. The summed E-state index contributed by atoms with van der Waals surface area (Å²) in [5.41, 5.74) is 3.15. The van der Waals surface area contributed by atoms with Gasteiger partial charge in [-0.2, -0.15) is 0 Å². The molecule has 1 N–H and O–H groups in total. The second kappa shape index (κ2) is 4.88. The SMILES string of the molecule is Cc1ccc(-c2nc3cc(F)ccc3n2C(C)C)cc1O. The summed E-state index contributed by atoms with van der Waals surface area (Å²) in [6.45, 7) is 5.96. The van der Waals surface area contributed by atoms with E-state index in [1.807, 2.05) is 19.1 Å². The quantitative estimate of drug-likeness (QED) is 0.755. The summed E-state index contributed by atoms with van der Waals surface area (Å²) in [6, 6.07) is 10.3. The first kappa shape index (κ1) is 13.6. The summed E-state index contributed by atoms with van der Waals surface area (Å²) in [7, 11) is 0. The number of aromatic hydroxyl groups is 1. The molecule has 0 saturated carbocycles. The molecule has 4 heteroatoms. The number of phenolic OH excluding ortho intramolecular Hbond substituents is 1. The van der Waals surface area contributed by atoms with Crippen molar-refractivity contribution in [3.63, 3.8) is 0 Å². The van der Waals surface area contributed by atoms with Crippen LogP contribution in [0, 0.1) is 12.7 Å². The lowest BCUT2D eigenvalue weighted by Gasteiger charge is -2.13. The van der Waals surface area contributed by atoms with Gasteiger partial charge < -0.3 is 9.67 Å². The van der Waals surface area contributed by atoms with E-state index in [1.54, 1.807) is 12.1 Å². The Morgan fingerprint density at radius 2 is 1.90 bits per heavy atom. The average Bonchev–Trinajstić information content (AvgIpc) is 2.80. The van der Waals surface area contributed by atoms with Crippen molar-refractivity contribution >= 4 is 11.0 Å². The van der Waals surface area contributed by atoms with E-state index < -0.39 is 0 Å². The largest absolute Gasteiger partial charge is 0.508 e. The van der Waals surface area contributed by atoms with Gasteiger partial charge in [0.25, 0.3) is 0 Å². The molecule has 0 fully saturated rings. The zero-order chi connectivity index (χ0) is 15.1. The fourth-order valence-corrected chi connectivity index (χ4v) is 2.55. The number of benzene rings is 2. The lowest BCUT2D eigenvalue weighted by Crippen LogP contribution is -2.03. The van der Waals surface area contributed by atoms with E-state index in [-0.39, 0.29) is 17.6 Å². The smallest absolute Gasteiger partial charge is 0.141 e. The van der Waals surface area contributed by atoms with Gasteiger partial charge in [-0.1, -0.05) is 12.1 Å². The Kier molecular flexibility index (Phi) is 3.16. The number of imidazole rings is 1. The van der Waals surface area contributed by atoms with E-state index in [2.05, 4.69) is 23.4 Å². The molecule has 3 aromatic rings. The van der Waals surface area contributed by atoms with E-state index in [4.69, 9.17) is 0 Å². The number of rotatable bonds is 2. The van der Waals surface area contributed by atoms with Gasteiger partial charge in [0, 0.05) is 17.7 Å². The Morgan fingerprint density at radius 1 is 1.14 bits per heavy atom. The molecular formula is C17H17FN2O. The van der Waals surface area contributed by atoms with Crippen LogP contribution in [-0.4, -0.2) is 14.7 Å². The minimum atomic E-state index is -0.297. The molecule has 0 aliphatic carbocycles. The molecule has 0 aliphatic rings. The van der Waals surface area contributed by atoms with Crippen LogP contribution >= 0.6 is 0 Å². The van der Waals surface area contributed by atoms with Crippen molar-refractivity contribution in [2.45, 2.75) is 26.8 Å². The Morgan fingerprint density at radius 3 is 2.57 bits per heavy atom. The standard InChI is InChI=1S/C17H17FN2O/c1-10(2)20-15-7-6-13(18)9-14(15)19-17(20)12-5-4-11(3)16(21)8-12/h4-10,21H,1-3H3. The maximum atomic E-state index is 13.4. The fraction of sp³-hybridized carbons (Fsp3) is 0.235. The van der Waals surface area contributed by atoms with Crippen molar-refractivity contribution in [2.75, 3.05) is 0 Å². The number of aryl methyl sites for hydroxylation is 1. The third-order valence-corrected chi connectivity index (χ3v) is 3.64. The van der Waals surface area contributed by atoms with Crippen LogP contribution < -0.4 is 0 Å². The summed E-state index contributed by atoms with van der Waals surface area (Å²) < 4.78 is 15.5. The topological polar surface area (TPSA) is 38.0 Å². The van der Waals surface area contributed by atoms with Gasteiger partial charge in [-0.25, -0.2) is 9.37 Å². The molecule has 0 spiro atoms. The highest BCUT2D eigenvalue weighted by atomic mass is 19.1. The fourth-order valence-electron chi connectivity index (χ4n) is 2.55. The van der Waals surface area contributed by atoms with Crippen LogP contribution in [0.4, 0.5) is 4.39 Å². The van der Waals surface area contributed by atoms with Gasteiger partial charge in [0.05, 0.1) is 11.0 Å². The highest BCUT2D eigenvalue weighted by molar-refractivity contribution is 5.81. The molecule has 0 radical (unpaired) electrons. The molecule has 0 atom stereocenters. The average molecular weight is 284 g/mol. The van der Waals surface area contributed by atoms with Gasteiger partial charge in [-0.05, 0) is 44.5 Å². The van der Waals surface area contributed by atoms with Crippen LogP contribution in [0.2, 0.25) is 0 Å². The first-order chi connectivity index (χ1) is 9.97. The predicted octanol–water partition coefficient (Wildman–Crippen LogP) is 4.44. The molecule has 1 aromatic heterocycles. The molecule has 21 heavy (non-hydrogen) atoms. The highest BCUT2D eigenvalue weighted by Gasteiger charge is 2.16. The zero-order valence-electron chi connectivity index (χ0n) is 12.3. The number of aromatic nitrogens is 2. The van der Waals surface area contributed by atoms with Crippen molar-refractivity contribution < 1.29 is 9.50 Å². The summed E-state index contributed by atoms with van der Waals surface area (Å²) in [6.07, 6.45) is 0. The Hall–Kier alpha value is -2.36. The number of phenols is 1. The second-order valence-corrected chi connectivity index (χ2v) is 5.53. The van der Waals surface area contributed by atoms with Crippen LogP contribution in [0.1, 0.15) is 25.5 Å². The Bertz CT molecular complexity index is 821. The number of fused-ring (bicyclic) bond motifs is 1. The van der Waals surface area contributed by atoms with Gasteiger partial charge in [0.2, 0.25) is 0 Å². The van der Waals surface area contributed by atoms with E-state index in [0.29, 0.717) is 5.52 Å². The van der Waals surface area contributed by atoms with Crippen molar-refractivity contribution in [1.29, 1.82) is 0 Å². The molecule has 0 amide bonds. The van der Waals surface area contributed by atoms with Crippen molar-refractivity contribution in [3.05, 3.63) is 47.8 Å². The molecule has 0 saturated heterocycles. The molecule has 1 heterocycles. The molecule has 0 unspecified atom stereocenters. The molecule has 0 bridgehead atoms. The van der Waals surface area contributed by atoms with Crippen LogP contribution in [0.25, 0.3) is 22.4 Å². The number of halogens is 1. The minimum absolute atomic E-state index is 0.180. The van der Waals surface area contributed by atoms with Crippen molar-refractivity contribution in [1.82, 2.24) is 9.55 Å². The van der Waals surface area contributed by atoms with E-state index >= 15 is 0 Å². The Balaban J connectivity index is 2.30. The van der Waals surface area contributed by atoms with E-state index in [0.717, 1.165) is 22.5 Å².